The summed E-state index contributed by atoms with van der Waals surface area (Å²) in [5.41, 5.74) is 12.0. The molecule has 5 rings (SSSR count). The Morgan fingerprint density at radius 3 is 1.31 bits per heavy atom. The summed E-state index contributed by atoms with van der Waals surface area (Å²) in [5, 5.41) is 0. The molecule has 5 aromatic carbocycles. The minimum absolute atomic E-state index is 0.0389. The first-order valence-corrected chi connectivity index (χ1v) is 13.5. The van der Waals surface area contributed by atoms with Crippen LogP contribution in [0.2, 0.25) is 0 Å². The molecule has 0 fully saturated rings. The first kappa shape index (κ1) is 26.1. The summed E-state index contributed by atoms with van der Waals surface area (Å²) in [6, 6.07) is 45.2. The number of hydrogen-bond acceptors (Lipinski definition) is 2. The maximum absolute atomic E-state index is 4.63. The number of para-hydroxylation sites is 2. The topological polar surface area (TPSA) is 6.48 Å². The van der Waals surface area contributed by atoms with Crippen LogP contribution in [0.25, 0.3) is 5.57 Å². The SMILES string of the molecule is C=C(c1ccccc1)C(c1ccc(N(C)c2ccccc2)c(C)c1)c1ccc(N(C)c2ccccc2)c(C)c1. The summed E-state index contributed by atoms with van der Waals surface area (Å²) in [6.45, 7) is 9.02. The Labute approximate surface area is 233 Å². The van der Waals surface area contributed by atoms with Gasteiger partial charge in [0.2, 0.25) is 0 Å². The van der Waals surface area contributed by atoms with Crippen LogP contribution in [0.1, 0.15) is 33.7 Å². The van der Waals surface area contributed by atoms with Gasteiger partial charge in [0.1, 0.15) is 0 Å². The van der Waals surface area contributed by atoms with Gasteiger partial charge in [0.15, 0.2) is 0 Å². The Hall–Kier alpha value is -4.56. The van der Waals surface area contributed by atoms with Gasteiger partial charge >= 0.3 is 0 Å². The van der Waals surface area contributed by atoms with E-state index < -0.39 is 0 Å². The van der Waals surface area contributed by atoms with Crippen LogP contribution < -0.4 is 9.80 Å². The van der Waals surface area contributed by atoms with E-state index in [9.17, 15) is 0 Å². The lowest BCUT2D eigenvalue weighted by Gasteiger charge is -2.27. The average Bonchev–Trinajstić information content (AvgIpc) is 2.98. The number of rotatable bonds is 8. The third-order valence-corrected chi connectivity index (χ3v) is 7.61. The third-order valence-electron chi connectivity index (χ3n) is 7.61. The smallest absolute Gasteiger partial charge is 0.0438 e. The standard InChI is InChI=1S/C37H36N2/c1-27-25-31(21-23-35(27)38(4)33-17-11-7-12-18-33)37(29(3)30-15-9-6-10-16-30)32-22-24-36(28(2)26-32)39(5)34-19-13-8-14-20-34/h6-26,37H,3H2,1-2,4-5H3. The lowest BCUT2D eigenvalue weighted by Crippen LogP contribution is -2.13. The molecule has 5 aromatic rings. The van der Waals surface area contributed by atoms with Crippen LogP contribution in [-0.4, -0.2) is 14.1 Å². The van der Waals surface area contributed by atoms with Crippen molar-refractivity contribution in [3.8, 4) is 0 Å². The Balaban J connectivity index is 1.55. The van der Waals surface area contributed by atoms with Crippen molar-refractivity contribution in [3.05, 3.63) is 162 Å². The van der Waals surface area contributed by atoms with E-state index in [2.05, 4.69) is 172 Å². The van der Waals surface area contributed by atoms with E-state index in [1.54, 1.807) is 0 Å². The van der Waals surface area contributed by atoms with Crippen molar-refractivity contribution in [2.75, 3.05) is 23.9 Å². The molecule has 0 saturated heterocycles. The highest BCUT2D eigenvalue weighted by molar-refractivity contribution is 5.76. The molecular weight excluding hydrogens is 472 g/mol. The number of anilines is 4. The zero-order valence-electron chi connectivity index (χ0n) is 23.3. The lowest BCUT2D eigenvalue weighted by atomic mass is 9.81. The Bertz CT molecular complexity index is 1460. The van der Waals surface area contributed by atoms with Gasteiger partial charge in [-0.2, -0.15) is 0 Å². The molecule has 0 radical (unpaired) electrons. The van der Waals surface area contributed by atoms with Gasteiger partial charge in [-0.25, -0.2) is 0 Å². The van der Waals surface area contributed by atoms with E-state index in [0.29, 0.717) is 0 Å². The molecule has 0 amide bonds. The Morgan fingerprint density at radius 2 is 0.923 bits per heavy atom. The molecule has 0 spiro atoms. The van der Waals surface area contributed by atoms with Crippen LogP contribution in [0.4, 0.5) is 22.7 Å². The summed E-state index contributed by atoms with van der Waals surface area (Å²) < 4.78 is 0. The molecule has 0 aromatic heterocycles. The van der Waals surface area contributed by atoms with E-state index in [0.717, 1.165) is 11.1 Å². The number of nitrogens with zero attached hydrogens (tertiary/aromatic N) is 2. The van der Waals surface area contributed by atoms with Crippen LogP contribution in [0.3, 0.4) is 0 Å². The van der Waals surface area contributed by atoms with Gasteiger partial charge in [0, 0.05) is 42.8 Å². The van der Waals surface area contributed by atoms with E-state index in [1.807, 2.05) is 0 Å². The first-order valence-electron chi connectivity index (χ1n) is 13.5. The highest BCUT2D eigenvalue weighted by Gasteiger charge is 2.22. The van der Waals surface area contributed by atoms with E-state index in [1.165, 1.54) is 45.0 Å². The second-order valence-corrected chi connectivity index (χ2v) is 10.2. The number of hydrogen-bond donors (Lipinski definition) is 0. The van der Waals surface area contributed by atoms with E-state index in [-0.39, 0.29) is 5.92 Å². The van der Waals surface area contributed by atoms with Crippen LogP contribution in [0.5, 0.6) is 0 Å². The fourth-order valence-electron chi connectivity index (χ4n) is 5.46. The molecule has 0 saturated carbocycles. The van der Waals surface area contributed by atoms with Crippen molar-refractivity contribution in [3.63, 3.8) is 0 Å². The molecule has 194 valence electrons. The number of benzene rings is 5. The van der Waals surface area contributed by atoms with Gasteiger partial charge in [0.25, 0.3) is 0 Å². The van der Waals surface area contributed by atoms with Gasteiger partial charge in [-0.15, -0.1) is 0 Å². The van der Waals surface area contributed by atoms with Gasteiger partial charge in [-0.3, -0.25) is 0 Å². The van der Waals surface area contributed by atoms with Gasteiger partial charge < -0.3 is 9.80 Å². The van der Waals surface area contributed by atoms with Crippen molar-refractivity contribution < 1.29 is 0 Å². The first-order chi connectivity index (χ1) is 18.9. The van der Waals surface area contributed by atoms with Crippen molar-refractivity contribution in [2.45, 2.75) is 19.8 Å². The fraction of sp³-hybridized carbons (Fsp3) is 0.135. The molecular formula is C37H36N2. The fourth-order valence-corrected chi connectivity index (χ4v) is 5.46. The molecule has 0 N–H and O–H groups in total. The predicted molar refractivity (Wildman–Crippen MR) is 169 cm³/mol. The second-order valence-electron chi connectivity index (χ2n) is 10.2. The maximum atomic E-state index is 4.63. The maximum Gasteiger partial charge on any atom is 0.0438 e. The zero-order chi connectivity index (χ0) is 27.4. The summed E-state index contributed by atoms with van der Waals surface area (Å²) in [6.07, 6.45) is 0. The van der Waals surface area contributed by atoms with Crippen molar-refractivity contribution in [2.24, 2.45) is 0 Å². The van der Waals surface area contributed by atoms with Gasteiger partial charge in [-0.1, -0.05) is 97.6 Å². The summed E-state index contributed by atoms with van der Waals surface area (Å²) in [7, 11) is 4.26. The predicted octanol–water partition coefficient (Wildman–Crippen LogP) is 9.68. The molecule has 2 heteroatoms. The number of aryl methyl sites for hydroxylation is 2. The van der Waals surface area contributed by atoms with Crippen LogP contribution in [0.15, 0.2) is 134 Å². The molecule has 0 atom stereocenters. The minimum atomic E-state index is 0.0389. The van der Waals surface area contributed by atoms with Crippen molar-refractivity contribution in [1.82, 2.24) is 0 Å². The zero-order valence-corrected chi connectivity index (χ0v) is 23.3. The number of allylic oxidation sites excluding steroid dienone is 1. The second kappa shape index (κ2) is 11.4. The van der Waals surface area contributed by atoms with Gasteiger partial charge in [0.05, 0.1) is 0 Å². The molecule has 0 aliphatic heterocycles. The van der Waals surface area contributed by atoms with E-state index in [4.69, 9.17) is 0 Å². The van der Waals surface area contributed by atoms with Crippen molar-refractivity contribution in [1.29, 1.82) is 0 Å². The lowest BCUT2D eigenvalue weighted by molar-refractivity contribution is 1.03. The minimum Gasteiger partial charge on any atom is -0.344 e. The monoisotopic (exact) mass is 508 g/mol. The molecule has 0 aliphatic carbocycles. The van der Waals surface area contributed by atoms with Crippen LogP contribution >= 0.6 is 0 Å². The quantitative estimate of drug-likeness (QED) is 0.206. The molecule has 0 bridgehead atoms. The van der Waals surface area contributed by atoms with Crippen LogP contribution in [0, 0.1) is 13.8 Å². The summed E-state index contributed by atoms with van der Waals surface area (Å²) in [4.78, 5) is 4.50. The van der Waals surface area contributed by atoms with Crippen molar-refractivity contribution >= 4 is 28.3 Å². The van der Waals surface area contributed by atoms with E-state index >= 15 is 0 Å². The molecule has 2 nitrogen and oxygen atoms in total. The third kappa shape index (κ3) is 5.51. The molecule has 0 unspecified atom stereocenters. The molecule has 39 heavy (non-hydrogen) atoms. The Kier molecular flexibility index (Phi) is 7.65. The highest BCUT2D eigenvalue weighted by atomic mass is 15.1. The van der Waals surface area contributed by atoms with Gasteiger partial charge in [-0.05, 0) is 83.6 Å². The summed E-state index contributed by atoms with van der Waals surface area (Å²) in [5.74, 6) is 0.0389. The van der Waals surface area contributed by atoms with Crippen LogP contribution in [-0.2, 0) is 0 Å². The summed E-state index contributed by atoms with van der Waals surface area (Å²) >= 11 is 0. The molecule has 0 heterocycles. The average molecular weight is 509 g/mol. The Morgan fingerprint density at radius 1 is 0.538 bits per heavy atom. The largest absolute Gasteiger partial charge is 0.344 e. The normalized spacial score (nSPS) is 10.9. The highest BCUT2D eigenvalue weighted by Crippen LogP contribution is 2.40. The molecule has 0 aliphatic rings.